The lowest BCUT2D eigenvalue weighted by molar-refractivity contribution is 0.564. The molecule has 0 aliphatic carbocycles. The summed E-state index contributed by atoms with van der Waals surface area (Å²) in [4.78, 5) is 0. The second kappa shape index (κ2) is 7.65. The van der Waals surface area contributed by atoms with Crippen LogP contribution >= 0.6 is 0 Å². The predicted octanol–water partition coefficient (Wildman–Crippen LogP) is 3.42. The van der Waals surface area contributed by atoms with Gasteiger partial charge >= 0.3 is 0 Å². The van der Waals surface area contributed by atoms with Gasteiger partial charge in [0.05, 0.1) is 5.75 Å². The fourth-order valence-corrected chi connectivity index (χ4v) is 3.45. The SMILES string of the molecule is CCCCS(=O)(=O)N[C@H](C)c1ccc(CCC)cc1. The number of sulfonamides is 1. The molecule has 108 valence electrons. The van der Waals surface area contributed by atoms with E-state index in [1.54, 1.807) is 0 Å². The summed E-state index contributed by atoms with van der Waals surface area (Å²) in [5.74, 6) is 0.210. The minimum absolute atomic E-state index is 0.169. The number of hydrogen-bond acceptors (Lipinski definition) is 2. The first-order valence-corrected chi connectivity index (χ1v) is 8.72. The van der Waals surface area contributed by atoms with E-state index in [4.69, 9.17) is 0 Å². The van der Waals surface area contributed by atoms with Crippen molar-refractivity contribution in [2.75, 3.05) is 5.75 Å². The summed E-state index contributed by atoms with van der Waals surface area (Å²) in [6, 6.07) is 8.01. The van der Waals surface area contributed by atoms with Gasteiger partial charge in [-0.25, -0.2) is 13.1 Å². The Labute approximate surface area is 117 Å². The number of aryl methyl sites for hydroxylation is 1. The van der Waals surface area contributed by atoms with Crippen LogP contribution in [0.4, 0.5) is 0 Å². The molecule has 1 N–H and O–H groups in total. The number of nitrogens with one attached hydrogen (secondary N) is 1. The lowest BCUT2D eigenvalue weighted by Gasteiger charge is -2.15. The third-order valence-electron chi connectivity index (χ3n) is 3.14. The number of benzene rings is 1. The van der Waals surface area contributed by atoms with E-state index in [9.17, 15) is 8.42 Å². The summed E-state index contributed by atoms with van der Waals surface area (Å²) >= 11 is 0. The summed E-state index contributed by atoms with van der Waals surface area (Å²) in [6.07, 6.45) is 3.79. The smallest absolute Gasteiger partial charge is 0.212 e. The molecule has 0 aromatic heterocycles. The minimum atomic E-state index is -3.16. The quantitative estimate of drug-likeness (QED) is 0.794. The van der Waals surface area contributed by atoms with Gasteiger partial charge in [0.1, 0.15) is 0 Å². The van der Waals surface area contributed by atoms with E-state index in [2.05, 4.69) is 23.8 Å². The molecule has 1 rings (SSSR count). The Kier molecular flexibility index (Phi) is 6.52. The monoisotopic (exact) mass is 283 g/mol. The molecule has 0 fully saturated rings. The van der Waals surface area contributed by atoms with E-state index in [1.165, 1.54) is 5.56 Å². The van der Waals surface area contributed by atoms with Crippen LogP contribution in [0.25, 0.3) is 0 Å². The fourth-order valence-electron chi connectivity index (χ4n) is 1.99. The maximum Gasteiger partial charge on any atom is 0.212 e. The third kappa shape index (κ3) is 5.74. The van der Waals surface area contributed by atoms with E-state index >= 15 is 0 Å². The highest BCUT2D eigenvalue weighted by Crippen LogP contribution is 2.15. The molecule has 0 amide bonds. The fraction of sp³-hybridized carbons (Fsp3) is 0.600. The highest BCUT2D eigenvalue weighted by molar-refractivity contribution is 7.89. The van der Waals surface area contributed by atoms with Gasteiger partial charge in [0, 0.05) is 6.04 Å². The molecule has 0 saturated carbocycles. The summed E-state index contributed by atoms with van der Waals surface area (Å²) in [7, 11) is -3.16. The zero-order valence-corrected chi connectivity index (χ0v) is 13.0. The van der Waals surface area contributed by atoms with Gasteiger partial charge in [-0.3, -0.25) is 0 Å². The molecular weight excluding hydrogens is 258 g/mol. The first-order chi connectivity index (χ1) is 8.98. The molecule has 1 aromatic rings. The molecule has 0 unspecified atom stereocenters. The molecule has 4 heteroatoms. The predicted molar refractivity (Wildman–Crippen MR) is 80.7 cm³/mol. The van der Waals surface area contributed by atoms with Crippen LogP contribution in [0.5, 0.6) is 0 Å². The van der Waals surface area contributed by atoms with Crippen molar-refractivity contribution < 1.29 is 8.42 Å². The van der Waals surface area contributed by atoms with Crippen molar-refractivity contribution in [1.82, 2.24) is 4.72 Å². The van der Waals surface area contributed by atoms with Gasteiger partial charge in [-0.1, -0.05) is 51.0 Å². The third-order valence-corrected chi connectivity index (χ3v) is 4.68. The van der Waals surface area contributed by atoms with Gasteiger partial charge in [0.25, 0.3) is 0 Å². The molecule has 0 spiro atoms. The maximum absolute atomic E-state index is 11.8. The average molecular weight is 283 g/mol. The van der Waals surface area contributed by atoms with Crippen molar-refractivity contribution >= 4 is 10.0 Å². The van der Waals surface area contributed by atoms with Crippen molar-refractivity contribution in [2.45, 2.75) is 52.5 Å². The Morgan fingerprint density at radius 2 is 1.74 bits per heavy atom. The summed E-state index contributed by atoms with van der Waals surface area (Å²) in [5, 5.41) is 0. The second-order valence-electron chi connectivity index (χ2n) is 5.00. The first-order valence-electron chi connectivity index (χ1n) is 7.07. The highest BCUT2D eigenvalue weighted by atomic mass is 32.2. The molecule has 0 aliphatic heterocycles. The molecular formula is C15H25NO2S. The molecule has 0 radical (unpaired) electrons. The number of hydrogen-bond donors (Lipinski definition) is 1. The van der Waals surface area contributed by atoms with E-state index in [-0.39, 0.29) is 11.8 Å². The molecule has 1 aromatic carbocycles. The molecule has 1 atom stereocenters. The number of rotatable bonds is 8. The van der Waals surface area contributed by atoms with Gasteiger partial charge in [-0.05, 0) is 30.9 Å². The molecule has 0 aliphatic rings. The van der Waals surface area contributed by atoms with Crippen LogP contribution in [0.1, 0.15) is 57.2 Å². The van der Waals surface area contributed by atoms with Crippen LogP contribution in [0.2, 0.25) is 0 Å². The van der Waals surface area contributed by atoms with Gasteiger partial charge in [0.2, 0.25) is 10.0 Å². The average Bonchev–Trinajstić information content (AvgIpc) is 2.37. The first kappa shape index (κ1) is 16.2. The Bertz CT molecular complexity index is 465. The van der Waals surface area contributed by atoms with E-state index in [0.29, 0.717) is 6.42 Å². The molecule has 3 nitrogen and oxygen atoms in total. The second-order valence-corrected chi connectivity index (χ2v) is 6.88. The topological polar surface area (TPSA) is 46.2 Å². The standard InChI is InChI=1S/C15H25NO2S/c1-4-6-12-19(17,18)16-13(3)15-10-8-14(7-5-2)9-11-15/h8-11,13,16H,4-7,12H2,1-3H3/t13-/m1/s1. The van der Waals surface area contributed by atoms with Gasteiger partial charge < -0.3 is 0 Å². The van der Waals surface area contributed by atoms with Crippen LogP contribution < -0.4 is 4.72 Å². The van der Waals surface area contributed by atoms with Crippen molar-refractivity contribution in [3.05, 3.63) is 35.4 Å². The van der Waals surface area contributed by atoms with Gasteiger partial charge in [-0.15, -0.1) is 0 Å². The molecule has 19 heavy (non-hydrogen) atoms. The lowest BCUT2D eigenvalue weighted by Crippen LogP contribution is -2.29. The Morgan fingerprint density at radius 1 is 1.11 bits per heavy atom. The zero-order valence-electron chi connectivity index (χ0n) is 12.1. The molecule has 0 saturated heterocycles. The number of unbranched alkanes of at least 4 members (excludes halogenated alkanes) is 1. The summed E-state index contributed by atoms with van der Waals surface area (Å²) < 4.78 is 26.4. The van der Waals surface area contributed by atoms with Crippen LogP contribution in [-0.2, 0) is 16.4 Å². The van der Waals surface area contributed by atoms with E-state index in [1.807, 2.05) is 26.0 Å². The van der Waals surface area contributed by atoms with E-state index < -0.39 is 10.0 Å². The molecule has 0 heterocycles. The van der Waals surface area contributed by atoms with Crippen molar-refractivity contribution in [3.63, 3.8) is 0 Å². The van der Waals surface area contributed by atoms with Crippen LogP contribution in [-0.4, -0.2) is 14.2 Å². The zero-order chi connectivity index (χ0) is 14.3. The van der Waals surface area contributed by atoms with Crippen molar-refractivity contribution in [1.29, 1.82) is 0 Å². The Hall–Kier alpha value is -0.870. The summed E-state index contributed by atoms with van der Waals surface area (Å²) in [6.45, 7) is 6.03. The van der Waals surface area contributed by atoms with Crippen LogP contribution in [0, 0.1) is 0 Å². The van der Waals surface area contributed by atoms with Crippen LogP contribution in [0.3, 0.4) is 0 Å². The van der Waals surface area contributed by atoms with Crippen molar-refractivity contribution in [2.24, 2.45) is 0 Å². The lowest BCUT2D eigenvalue weighted by atomic mass is 10.0. The normalized spacial score (nSPS) is 13.4. The maximum atomic E-state index is 11.8. The van der Waals surface area contributed by atoms with Crippen LogP contribution in [0.15, 0.2) is 24.3 Å². The van der Waals surface area contributed by atoms with Gasteiger partial charge in [-0.2, -0.15) is 0 Å². The van der Waals surface area contributed by atoms with Crippen molar-refractivity contribution in [3.8, 4) is 0 Å². The highest BCUT2D eigenvalue weighted by Gasteiger charge is 2.14. The largest absolute Gasteiger partial charge is 0.212 e. The van der Waals surface area contributed by atoms with E-state index in [0.717, 1.165) is 24.8 Å². The minimum Gasteiger partial charge on any atom is -0.212 e. The van der Waals surface area contributed by atoms with Gasteiger partial charge in [0.15, 0.2) is 0 Å². The molecule has 0 bridgehead atoms. The Balaban J connectivity index is 2.64. The summed E-state index contributed by atoms with van der Waals surface area (Å²) in [5.41, 5.74) is 2.31. The Morgan fingerprint density at radius 3 is 2.26 bits per heavy atom.